The molecule has 1 amide bonds. The Balaban J connectivity index is 1.69. The maximum absolute atomic E-state index is 12.7. The Morgan fingerprint density at radius 3 is 2.41 bits per heavy atom. The summed E-state index contributed by atoms with van der Waals surface area (Å²) < 4.78 is 5.38. The SMILES string of the molecule is O=C(Nc1cc(Cl)c(Cl)cc1Cl)c1cccc(-c2cc3ccccc3oc2=O)c1. The Morgan fingerprint density at radius 2 is 1.59 bits per heavy atom. The maximum atomic E-state index is 12.7. The van der Waals surface area contributed by atoms with Crippen LogP contribution in [0.15, 0.2) is 75.9 Å². The first kappa shape index (κ1) is 19.5. The normalized spacial score (nSPS) is 10.9. The minimum absolute atomic E-state index is 0.263. The third kappa shape index (κ3) is 4.01. The summed E-state index contributed by atoms with van der Waals surface area (Å²) in [4.78, 5) is 25.1. The second-order valence-corrected chi connectivity index (χ2v) is 7.49. The van der Waals surface area contributed by atoms with E-state index >= 15 is 0 Å². The van der Waals surface area contributed by atoms with E-state index in [1.807, 2.05) is 12.1 Å². The van der Waals surface area contributed by atoms with Gasteiger partial charge in [-0.15, -0.1) is 0 Å². The Kier molecular flexibility index (Phi) is 5.33. The minimum Gasteiger partial charge on any atom is -0.422 e. The number of benzene rings is 3. The standard InChI is InChI=1S/C22H12Cl3NO3/c23-16-10-18(25)19(11-17(16)24)26-21(27)14-6-3-5-12(8-14)15-9-13-4-1-2-7-20(13)29-22(15)28/h1-11H,(H,26,27). The molecule has 1 aromatic heterocycles. The van der Waals surface area contributed by atoms with Gasteiger partial charge in [0.15, 0.2) is 0 Å². The second kappa shape index (κ2) is 7.91. The van der Waals surface area contributed by atoms with Crippen molar-refractivity contribution in [2.75, 3.05) is 5.32 Å². The summed E-state index contributed by atoms with van der Waals surface area (Å²) in [7, 11) is 0. The number of nitrogens with one attached hydrogen (secondary N) is 1. The number of fused-ring (bicyclic) bond motifs is 1. The molecule has 0 unspecified atom stereocenters. The van der Waals surface area contributed by atoms with Crippen LogP contribution in [-0.4, -0.2) is 5.91 Å². The molecule has 1 heterocycles. The predicted molar refractivity (Wildman–Crippen MR) is 117 cm³/mol. The van der Waals surface area contributed by atoms with E-state index < -0.39 is 11.5 Å². The first-order chi connectivity index (χ1) is 13.9. The van der Waals surface area contributed by atoms with Crippen molar-refractivity contribution in [1.29, 1.82) is 0 Å². The van der Waals surface area contributed by atoms with E-state index in [1.165, 1.54) is 12.1 Å². The highest BCUT2D eigenvalue weighted by Gasteiger charge is 2.14. The Bertz CT molecular complexity index is 1310. The molecule has 0 saturated heterocycles. The molecule has 1 N–H and O–H groups in total. The predicted octanol–water partition coefficient (Wildman–Crippen LogP) is 6.67. The Labute approximate surface area is 180 Å². The lowest BCUT2D eigenvalue weighted by Crippen LogP contribution is -2.12. The molecule has 0 atom stereocenters. The van der Waals surface area contributed by atoms with Gasteiger partial charge in [0, 0.05) is 10.9 Å². The van der Waals surface area contributed by atoms with E-state index in [4.69, 9.17) is 39.2 Å². The van der Waals surface area contributed by atoms with Crippen molar-refractivity contribution >= 4 is 57.4 Å². The van der Waals surface area contributed by atoms with Gasteiger partial charge in [0.25, 0.3) is 5.91 Å². The van der Waals surface area contributed by atoms with Crippen LogP contribution in [-0.2, 0) is 0 Å². The molecular weight excluding hydrogens is 433 g/mol. The lowest BCUT2D eigenvalue weighted by molar-refractivity contribution is 0.102. The number of hydrogen-bond acceptors (Lipinski definition) is 3. The third-order valence-electron chi connectivity index (χ3n) is 4.34. The fourth-order valence-corrected chi connectivity index (χ4v) is 3.50. The van der Waals surface area contributed by atoms with Gasteiger partial charge in [-0.1, -0.05) is 65.1 Å². The molecule has 0 aliphatic carbocycles. The van der Waals surface area contributed by atoms with Crippen molar-refractivity contribution in [2.24, 2.45) is 0 Å². The number of para-hydroxylation sites is 1. The summed E-state index contributed by atoms with van der Waals surface area (Å²) in [5.74, 6) is -0.405. The Morgan fingerprint density at radius 1 is 0.828 bits per heavy atom. The summed E-state index contributed by atoms with van der Waals surface area (Å²) in [5, 5.41) is 4.32. The molecular formula is C22H12Cl3NO3. The van der Waals surface area contributed by atoms with Crippen molar-refractivity contribution in [3.63, 3.8) is 0 Å². The van der Waals surface area contributed by atoms with Crippen molar-refractivity contribution < 1.29 is 9.21 Å². The summed E-state index contributed by atoms with van der Waals surface area (Å²) in [5.41, 5.74) is 1.64. The highest BCUT2D eigenvalue weighted by atomic mass is 35.5. The molecule has 0 aliphatic heterocycles. The highest BCUT2D eigenvalue weighted by molar-refractivity contribution is 6.44. The number of anilines is 1. The second-order valence-electron chi connectivity index (χ2n) is 6.27. The van der Waals surface area contributed by atoms with E-state index in [-0.39, 0.29) is 10.0 Å². The van der Waals surface area contributed by atoms with Crippen LogP contribution in [0.3, 0.4) is 0 Å². The number of rotatable bonds is 3. The van der Waals surface area contributed by atoms with Crippen LogP contribution < -0.4 is 10.9 Å². The minimum atomic E-state index is -0.478. The lowest BCUT2D eigenvalue weighted by atomic mass is 10.0. The van der Waals surface area contributed by atoms with Gasteiger partial charge in [0.1, 0.15) is 5.58 Å². The fraction of sp³-hybridized carbons (Fsp3) is 0. The van der Waals surface area contributed by atoms with Crippen LogP contribution >= 0.6 is 34.8 Å². The topological polar surface area (TPSA) is 59.3 Å². The molecule has 7 heteroatoms. The largest absolute Gasteiger partial charge is 0.422 e. The first-order valence-electron chi connectivity index (χ1n) is 8.51. The van der Waals surface area contributed by atoms with Gasteiger partial charge < -0.3 is 9.73 Å². The third-order valence-corrected chi connectivity index (χ3v) is 5.37. The summed E-state index contributed by atoms with van der Waals surface area (Å²) in [6.45, 7) is 0. The van der Waals surface area contributed by atoms with Gasteiger partial charge in [0.05, 0.1) is 26.3 Å². The molecule has 0 bridgehead atoms. The van der Waals surface area contributed by atoms with Crippen LogP contribution in [0.2, 0.25) is 15.1 Å². The quantitative estimate of drug-likeness (QED) is 0.283. The number of halogens is 3. The summed E-state index contributed by atoms with van der Waals surface area (Å²) >= 11 is 18.0. The molecule has 3 aromatic carbocycles. The lowest BCUT2D eigenvalue weighted by Gasteiger charge is -2.10. The van der Waals surface area contributed by atoms with Crippen molar-refractivity contribution in [3.05, 3.63) is 97.8 Å². The van der Waals surface area contributed by atoms with E-state index in [9.17, 15) is 9.59 Å². The highest BCUT2D eigenvalue weighted by Crippen LogP contribution is 2.32. The molecule has 29 heavy (non-hydrogen) atoms. The van der Waals surface area contributed by atoms with Crippen LogP contribution in [0.4, 0.5) is 5.69 Å². The first-order valence-corrected chi connectivity index (χ1v) is 9.65. The number of carbonyl (C=O) groups is 1. The fourth-order valence-electron chi connectivity index (χ4n) is 2.90. The molecule has 4 aromatic rings. The van der Waals surface area contributed by atoms with Crippen molar-refractivity contribution in [3.8, 4) is 11.1 Å². The van der Waals surface area contributed by atoms with Gasteiger partial charge in [-0.25, -0.2) is 4.79 Å². The summed E-state index contributed by atoms with van der Waals surface area (Å²) in [6.07, 6.45) is 0. The molecule has 4 nitrogen and oxygen atoms in total. The average molecular weight is 445 g/mol. The number of hydrogen-bond donors (Lipinski definition) is 1. The van der Waals surface area contributed by atoms with Crippen molar-refractivity contribution in [1.82, 2.24) is 0 Å². The molecule has 0 radical (unpaired) electrons. The molecule has 0 aliphatic rings. The van der Waals surface area contributed by atoms with Crippen molar-refractivity contribution in [2.45, 2.75) is 0 Å². The molecule has 0 spiro atoms. The zero-order valence-corrected chi connectivity index (χ0v) is 17.0. The zero-order chi connectivity index (χ0) is 20.5. The van der Waals surface area contributed by atoms with E-state index in [1.54, 1.807) is 42.5 Å². The van der Waals surface area contributed by atoms with Crippen LogP contribution in [0.25, 0.3) is 22.1 Å². The van der Waals surface area contributed by atoms with E-state index in [0.29, 0.717) is 33.0 Å². The van der Waals surface area contributed by atoms with Crippen LogP contribution in [0.1, 0.15) is 10.4 Å². The van der Waals surface area contributed by atoms with Crippen LogP contribution in [0, 0.1) is 0 Å². The van der Waals surface area contributed by atoms with E-state index in [0.717, 1.165) is 5.39 Å². The van der Waals surface area contributed by atoms with Gasteiger partial charge in [0.2, 0.25) is 0 Å². The monoisotopic (exact) mass is 443 g/mol. The van der Waals surface area contributed by atoms with E-state index in [2.05, 4.69) is 5.32 Å². The zero-order valence-electron chi connectivity index (χ0n) is 14.7. The average Bonchev–Trinajstić information content (AvgIpc) is 2.71. The molecule has 0 saturated carbocycles. The molecule has 4 rings (SSSR count). The number of carbonyl (C=O) groups excluding carboxylic acids is 1. The van der Waals surface area contributed by atoms with Crippen LogP contribution in [0.5, 0.6) is 0 Å². The smallest absolute Gasteiger partial charge is 0.344 e. The number of amides is 1. The molecule has 0 fully saturated rings. The maximum Gasteiger partial charge on any atom is 0.344 e. The summed E-state index contributed by atoms with van der Waals surface area (Å²) in [6, 6.07) is 18.6. The van der Waals surface area contributed by atoms with Gasteiger partial charge in [-0.05, 0) is 42.0 Å². The van der Waals surface area contributed by atoms with Gasteiger partial charge in [-0.2, -0.15) is 0 Å². The Hall–Kier alpha value is -2.79. The van der Waals surface area contributed by atoms with Gasteiger partial charge in [-0.3, -0.25) is 4.79 Å². The molecule has 144 valence electrons. The van der Waals surface area contributed by atoms with Gasteiger partial charge >= 0.3 is 5.63 Å².